The number of hydrogen-bond donors (Lipinski definition) is 1. The van der Waals surface area contributed by atoms with Gasteiger partial charge in [0.15, 0.2) is 0 Å². The van der Waals surface area contributed by atoms with Gasteiger partial charge in [0.1, 0.15) is 0 Å². The van der Waals surface area contributed by atoms with E-state index in [1.807, 2.05) is 19.9 Å². The molecule has 0 unspecified atom stereocenters. The number of nitrogens with two attached hydrogens (primary N) is 1. The van der Waals surface area contributed by atoms with E-state index in [9.17, 15) is 9.59 Å². The van der Waals surface area contributed by atoms with Crippen LogP contribution in [0.3, 0.4) is 0 Å². The summed E-state index contributed by atoms with van der Waals surface area (Å²) in [6.45, 7) is 3.84. The molecule has 1 amide bonds. The van der Waals surface area contributed by atoms with Crippen molar-refractivity contribution in [3.05, 3.63) is 35.4 Å². The highest BCUT2D eigenvalue weighted by Gasteiger charge is 2.18. The molecular formula is C16H22N2O3. The van der Waals surface area contributed by atoms with Crippen LogP contribution in [-0.2, 0) is 9.63 Å². The van der Waals surface area contributed by atoms with Gasteiger partial charge in [0.2, 0.25) is 0 Å². The Morgan fingerprint density at radius 3 is 2.71 bits per heavy atom. The normalized spacial score (nSPS) is 10.6. The quantitative estimate of drug-likeness (QED) is 0.668. The molecule has 2 N–H and O–H groups in total. The predicted molar refractivity (Wildman–Crippen MR) is 83.3 cm³/mol. The van der Waals surface area contributed by atoms with Crippen LogP contribution in [0, 0.1) is 0 Å². The Labute approximate surface area is 125 Å². The first-order valence-electron chi connectivity index (χ1n) is 7.00. The Morgan fingerprint density at radius 2 is 2.10 bits per heavy atom. The third-order valence-electron chi connectivity index (χ3n) is 2.91. The van der Waals surface area contributed by atoms with Crippen molar-refractivity contribution < 1.29 is 14.4 Å². The van der Waals surface area contributed by atoms with E-state index >= 15 is 0 Å². The van der Waals surface area contributed by atoms with Crippen LogP contribution >= 0.6 is 0 Å². The third kappa shape index (κ3) is 4.95. The molecule has 0 radical (unpaired) electrons. The number of anilines is 1. The lowest BCUT2D eigenvalue weighted by atomic mass is 10.1. The molecule has 0 fully saturated rings. The van der Waals surface area contributed by atoms with E-state index in [1.165, 1.54) is 7.05 Å². The fourth-order valence-corrected chi connectivity index (χ4v) is 1.82. The molecule has 0 aliphatic heterocycles. The van der Waals surface area contributed by atoms with Gasteiger partial charge in [-0.2, -0.15) is 5.06 Å². The largest absolute Gasteiger partial charge is 0.399 e. The van der Waals surface area contributed by atoms with Gasteiger partial charge in [0, 0.05) is 24.7 Å². The highest BCUT2D eigenvalue weighted by atomic mass is 16.7. The second-order valence-electron chi connectivity index (χ2n) is 4.72. The van der Waals surface area contributed by atoms with Gasteiger partial charge < -0.3 is 10.6 Å². The molecule has 0 aliphatic carbocycles. The number of carbonyl (C=O) groups is 2. The fraction of sp³-hybridized carbons (Fsp3) is 0.375. The predicted octanol–water partition coefficient (Wildman–Crippen LogP) is 3.02. The molecule has 0 aromatic heterocycles. The number of allylic oxidation sites excluding steroid dienone is 1. The summed E-state index contributed by atoms with van der Waals surface area (Å²) in [6.07, 6.45) is 5.55. The fourth-order valence-electron chi connectivity index (χ4n) is 1.82. The lowest BCUT2D eigenvalue weighted by Crippen LogP contribution is -2.30. The number of benzene rings is 1. The Morgan fingerprint density at radius 1 is 1.38 bits per heavy atom. The van der Waals surface area contributed by atoms with Crippen LogP contribution in [0.5, 0.6) is 0 Å². The van der Waals surface area contributed by atoms with Gasteiger partial charge in [-0.15, -0.1) is 0 Å². The summed E-state index contributed by atoms with van der Waals surface area (Å²) in [5.74, 6) is -0.788. The summed E-state index contributed by atoms with van der Waals surface area (Å²) in [4.78, 5) is 28.9. The third-order valence-corrected chi connectivity index (χ3v) is 2.91. The maximum atomic E-state index is 12.3. The standard InChI is InChI=1S/C16H22N2O3/c1-4-6-8-15(19)21-18(3)16(20)14-10-9-13(17)11-12(14)7-5-2/h5,7,9-11H,4,6,8,17H2,1-3H3/b7-5+. The van der Waals surface area contributed by atoms with Crippen molar-refractivity contribution in [3.8, 4) is 0 Å². The van der Waals surface area contributed by atoms with Crippen molar-refractivity contribution in [2.24, 2.45) is 0 Å². The molecule has 1 aromatic rings. The molecule has 21 heavy (non-hydrogen) atoms. The molecule has 0 saturated carbocycles. The van der Waals surface area contributed by atoms with E-state index in [2.05, 4.69) is 0 Å². The van der Waals surface area contributed by atoms with Gasteiger partial charge >= 0.3 is 5.97 Å². The van der Waals surface area contributed by atoms with Crippen molar-refractivity contribution in [1.82, 2.24) is 5.06 Å². The van der Waals surface area contributed by atoms with Gasteiger partial charge in [0.05, 0.1) is 0 Å². The van der Waals surface area contributed by atoms with Gasteiger partial charge in [0.25, 0.3) is 5.91 Å². The number of unbranched alkanes of at least 4 members (excludes halogenated alkanes) is 1. The second kappa shape index (κ2) is 8.09. The Hall–Kier alpha value is -2.30. The van der Waals surface area contributed by atoms with Gasteiger partial charge in [-0.05, 0) is 37.1 Å². The van der Waals surface area contributed by atoms with Crippen molar-refractivity contribution in [3.63, 3.8) is 0 Å². The van der Waals surface area contributed by atoms with E-state index in [0.717, 1.165) is 17.9 Å². The van der Waals surface area contributed by atoms with E-state index in [1.54, 1.807) is 24.3 Å². The molecule has 1 rings (SSSR count). The zero-order valence-corrected chi connectivity index (χ0v) is 12.8. The molecule has 0 bridgehead atoms. The highest BCUT2D eigenvalue weighted by molar-refractivity contribution is 5.98. The number of carbonyl (C=O) groups excluding carboxylic acids is 2. The van der Waals surface area contributed by atoms with Crippen molar-refractivity contribution in [1.29, 1.82) is 0 Å². The Bertz CT molecular complexity index is 538. The summed E-state index contributed by atoms with van der Waals surface area (Å²) in [5.41, 5.74) is 7.43. The minimum atomic E-state index is -0.407. The van der Waals surface area contributed by atoms with E-state index in [-0.39, 0.29) is 5.91 Å². The summed E-state index contributed by atoms with van der Waals surface area (Å²) in [6, 6.07) is 4.98. The average molecular weight is 290 g/mol. The number of amides is 1. The first kappa shape index (κ1) is 16.8. The Kier molecular flexibility index (Phi) is 6.46. The smallest absolute Gasteiger partial charge is 0.332 e. The monoisotopic (exact) mass is 290 g/mol. The number of nitrogens with zero attached hydrogens (tertiary/aromatic N) is 1. The lowest BCUT2D eigenvalue weighted by Gasteiger charge is -2.17. The molecule has 5 nitrogen and oxygen atoms in total. The number of nitrogen functional groups attached to an aromatic ring is 1. The van der Waals surface area contributed by atoms with E-state index in [4.69, 9.17) is 10.6 Å². The SMILES string of the molecule is C/C=C/c1cc(N)ccc1C(=O)N(C)OC(=O)CCCC. The van der Waals surface area contributed by atoms with Crippen molar-refractivity contribution >= 4 is 23.6 Å². The molecule has 0 heterocycles. The summed E-state index contributed by atoms with van der Waals surface area (Å²) >= 11 is 0. The minimum Gasteiger partial charge on any atom is -0.399 e. The van der Waals surface area contributed by atoms with Crippen molar-refractivity contribution in [2.75, 3.05) is 12.8 Å². The van der Waals surface area contributed by atoms with E-state index in [0.29, 0.717) is 23.2 Å². The number of hydroxylamine groups is 2. The molecular weight excluding hydrogens is 268 g/mol. The van der Waals surface area contributed by atoms with Crippen LogP contribution in [0.2, 0.25) is 0 Å². The molecule has 0 atom stereocenters. The van der Waals surface area contributed by atoms with Gasteiger partial charge in [-0.3, -0.25) is 4.79 Å². The zero-order chi connectivity index (χ0) is 15.8. The zero-order valence-electron chi connectivity index (χ0n) is 12.8. The maximum Gasteiger partial charge on any atom is 0.332 e. The number of hydrogen-bond acceptors (Lipinski definition) is 4. The first-order valence-corrected chi connectivity index (χ1v) is 7.00. The number of rotatable bonds is 5. The van der Waals surface area contributed by atoms with Crippen LogP contribution in [-0.4, -0.2) is 24.0 Å². The Balaban J connectivity index is 2.85. The molecule has 0 aliphatic rings. The molecule has 0 saturated heterocycles. The van der Waals surface area contributed by atoms with E-state index < -0.39 is 5.97 Å². The van der Waals surface area contributed by atoms with Gasteiger partial charge in [-0.1, -0.05) is 25.5 Å². The van der Waals surface area contributed by atoms with Crippen molar-refractivity contribution in [2.45, 2.75) is 33.1 Å². The maximum absolute atomic E-state index is 12.3. The van der Waals surface area contributed by atoms with Gasteiger partial charge in [-0.25, -0.2) is 4.79 Å². The van der Waals surface area contributed by atoms with Crippen LogP contribution in [0.15, 0.2) is 24.3 Å². The molecule has 114 valence electrons. The topological polar surface area (TPSA) is 72.6 Å². The molecule has 5 heteroatoms. The van der Waals surface area contributed by atoms with Crippen LogP contribution in [0.25, 0.3) is 6.08 Å². The van der Waals surface area contributed by atoms with Crippen LogP contribution < -0.4 is 5.73 Å². The first-order chi connectivity index (χ1) is 9.99. The lowest BCUT2D eigenvalue weighted by molar-refractivity contribution is -0.173. The summed E-state index contributed by atoms with van der Waals surface area (Å²) in [7, 11) is 1.43. The van der Waals surface area contributed by atoms with Crippen LogP contribution in [0.4, 0.5) is 5.69 Å². The summed E-state index contributed by atoms with van der Waals surface area (Å²) < 4.78 is 0. The second-order valence-corrected chi connectivity index (χ2v) is 4.72. The summed E-state index contributed by atoms with van der Waals surface area (Å²) in [5, 5.41) is 0.969. The molecule has 0 spiro atoms. The average Bonchev–Trinajstić information content (AvgIpc) is 2.45. The minimum absolute atomic E-state index is 0.303. The highest BCUT2D eigenvalue weighted by Crippen LogP contribution is 2.17. The molecule has 1 aromatic carbocycles. The van der Waals surface area contributed by atoms with Crippen LogP contribution in [0.1, 0.15) is 49.0 Å².